The van der Waals surface area contributed by atoms with Crippen LogP contribution in [0.5, 0.6) is 0 Å². The first-order chi connectivity index (χ1) is 11.1. The van der Waals surface area contributed by atoms with Crippen LogP contribution < -0.4 is 11.1 Å². The second-order valence-electron chi connectivity index (χ2n) is 6.52. The summed E-state index contributed by atoms with van der Waals surface area (Å²) in [6.45, 7) is 2.18. The molecular weight excluding hydrogens is 330 g/mol. The maximum absolute atomic E-state index is 12.2. The monoisotopic (exact) mass is 357 g/mol. The van der Waals surface area contributed by atoms with Gasteiger partial charge < -0.3 is 16.0 Å². The van der Waals surface area contributed by atoms with E-state index in [4.69, 9.17) is 18.0 Å². The summed E-state index contributed by atoms with van der Waals surface area (Å²) in [7, 11) is 0. The van der Waals surface area contributed by atoms with Gasteiger partial charge >= 0.3 is 0 Å². The fraction of sp³-hybridized carbons (Fsp3) is 0.812. The number of primary amides is 1. The standard InChI is InChI=1S/C16H27N3O2S2/c17-15(21)13-6-8-19(9-7-13)14(20)11-23-16(22)18-10-12-4-2-1-3-5-12/h12-13H,1-11H2,(H2,17,21)(H,18,22). The fourth-order valence-electron chi connectivity index (χ4n) is 3.30. The first-order valence-corrected chi connectivity index (χ1v) is 9.93. The van der Waals surface area contributed by atoms with Crippen molar-refractivity contribution in [3.8, 4) is 0 Å². The highest BCUT2D eigenvalue weighted by Gasteiger charge is 2.25. The van der Waals surface area contributed by atoms with Crippen LogP contribution in [0.25, 0.3) is 0 Å². The Morgan fingerprint density at radius 3 is 2.39 bits per heavy atom. The van der Waals surface area contributed by atoms with Gasteiger partial charge in [0.2, 0.25) is 11.8 Å². The molecule has 1 saturated heterocycles. The van der Waals surface area contributed by atoms with Crippen molar-refractivity contribution < 1.29 is 9.59 Å². The molecule has 23 heavy (non-hydrogen) atoms. The van der Waals surface area contributed by atoms with E-state index in [9.17, 15) is 9.59 Å². The molecule has 0 aromatic carbocycles. The van der Waals surface area contributed by atoms with E-state index in [0.717, 1.165) is 16.8 Å². The van der Waals surface area contributed by atoms with E-state index in [-0.39, 0.29) is 17.7 Å². The van der Waals surface area contributed by atoms with Crippen molar-refractivity contribution in [1.82, 2.24) is 10.2 Å². The molecule has 0 atom stereocenters. The van der Waals surface area contributed by atoms with Gasteiger partial charge in [0.15, 0.2) is 0 Å². The average molecular weight is 358 g/mol. The SMILES string of the molecule is NC(=O)C1CCN(C(=O)CSC(=S)NCC2CCCCC2)CC1. The molecule has 1 aliphatic carbocycles. The first-order valence-electron chi connectivity index (χ1n) is 8.54. The van der Waals surface area contributed by atoms with Gasteiger partial charge in [-0.3, -0.25) is 9.59 Å². The summed E-state index contributed by atoms with van der Waals surface area (Å²) >= 11 is 6.73. The van der Waals surface area contributed by atoms with Crippen LogP contribution in [-0.4, -0.2) is 46.4 Å². The molecule has 0 aromatic heterocycles. The number of rotatable bonds is 5. The molecule has 0 spiro atoms. The lowest BCUT2D eigenvalue weighted by Crippen LogP contribution is -2.42. The minimum absolute atomic E-state index is 0.0788. The van der Waals surface area contributed by atoms with E-state index in [1.165, 1.54) is 43.9 Å². The summed E-state index contributed by atoms with van der Waals surface area (Å²) < 4.78 is 0.718. The normalized spacial score (nSPS) is 20.3. The number of carbonyl (C=O) groups is 2. The largest absolute Gasteiger partial charge is 0.371 e. The van der Waals surface area contributed by atoms with Crippen molar-refractivity contribution in [3.05, 3.63) is 0 Å². The van der Waals surface area contributed by atoms with Gasteiger partial charge in [-0.15, -0.1) is 0 Å². The topological polar surface area (TPSA) is 75.4 Å². The molecule has 2 amide bonds. The van der Waals surface area contributed by atoms with E-state index < -0.39 is 0 Å². The molecule has 0 unspecified atom stereocenters. The molecular formula is C16H27N3O2S2. The Labute approximate surface area is 148 Å². The highest BCUT2D eigenvalue weighted by Crippen LogP contribution is 2.23. The van der Waals surface area contributed by atoms with Crippen LogP contribution in [0.2, 0.25) is 0 Å². The van der Waals surface area contributed by atoms with Gasteiger partial charge in [0.05, 0.1) is 5.75 Å². The highest BCUT2D eigenvalue weighted by molar-refractivity contribution is 8.23. The molecule has 0 bridgehead atoms. The average Bonchev–Trinajstić information content (AvgIpc) is 2.58. The van der Waals surface area contributed by atoms with Crippen LogP contribution in [-0.2, 0) is 9.59 Å². The van der Waals surface area contributed by atoms with Crippen molar-refractivity contribution in [2.75, 3.05) is 25.4 Å². The number of carbonyl (C=O) groups excluding carboxylic acids is 2. The first kappa shape index (κ1) is 18.5. The number of hydrogen-bond acceptors (Lipinski definition) is 4. The summed E-state index contributed by atoms with van der Waals surface area (Å²) in [5.41, 5.74) is 5.31. The van der Waals surface area contributed by atoms with Crippen molar-refractivity contribution in [3.63, 3.8) is 0 Å². The number of nitrogens with one attached hydrogen (secondary N) is 1. The van der Waals surface area contributed by atoms with E-state index in [0.29, 0.717) is 31.7 Å². The van der Waals surface area contributed by atoms with E-state index >= 15 is 0 Å². The van der Waals surface area contributed by atoms with E-state index in [1.807, 2.05) is 4.90 Å². The van der Waals surface area contributed by atoms with E-state index in [1.54, 1.807) is 0 Å². The smallest absolute Gasteiger partial charge is 0.233 e. The second-order valence-corrected chi connectivity index (χ2v) is 8.17. The van der Waals surface area contributed by atoms with Crippen LogP contribution in [0.15, 0.2) is 0 Å². The molecule has 5 nitrogen and oxygen atoms in total. The number of hydrogen-bond donors (Lipinski definition) is 2. The lowest BCUT2D eigenvalue weighted by atomic mass is 9.89. The number of piperidine rings is 1. The third-order valence-electron chi connectivity index (χ3n) is 4.84. The minimum atomic E-state index is -0.250. The molecule has 7 heteroatoms. The Kier molecular flexibility index (Phi) is 7.62. The second kappa shape index (κ2) is 9.47. The van der Waals surface area contributed by atoms with Crippen molar-refractivity contribution >= 4 is 40.1 Å². The summed E-state index contributed by atoms with van der Waals surface area (Å²) in [5, 5.41) is 3.30. The highest BCUT2D eigenvalue weighted by atomic mass is 32.2. The maximum Gasteiger partial charge on any atom is 0.233 e. The third kappa shape index (κ3) is 6.30. The zero-order chi connectivity index (χ0) is 16.7. The summed E-state index contributed by atoms with van der Waals surface area (Å²) in [6, 6.07) is 0. The minimum Gasteiger partial charge on any atom is -0.371 e. The zero-order valence-electron chi connectivity index (χ0n) is 13.6. The van der Waals surface area contributed by atoms with Gasteiger partial charge in [-0.05, 0) is 31.6 Å². The Balaban J connectivity index is 1.60. The third-order valence-corrected chi connectivity index (χ3v) is 6.13. The van der Waals surface area contributed by atoms with Gasteiger partial charge in [-0.25, -0.2) is 0 Å². The van der Waals surface area contributed by atoms with Crippen molar-refractivity contribution in [2.24, 2.45) is 17.6 Å². The van der Waals surface area contributed by atoms with Crippen molar-refractivity contribution in [1.29, 1.82) is 0 Å². The van der Waals surface area contributed by atoms with Crippen LogP contribution in [0.3, 0.4) is 0 Å². The number of amides is 2. The quantitative estimate of drug-likeness (QED) is 0.735. The Bertz CT molecular complexity index is 431. The molecule has 0 radical (unpaired) electrons. The maximum atomic E-state index is 12.2. The van der Waals surface area contributed by atoms with Gasteiger partial charge in [0.1, 0.15) is 4.32 Å². The molecule has 1 heterocycles. The fourth-order valence-corrected chi connectivity index (χ4v) is 4.18. The van der Waals surface area contributed by atoms with Crippen LogP contribution in [0.4, 0.5) is 0 Å². The van der Waals surface area contributed by atoms with Gasteiger partial charge in [0, 0.05) is 25.6 Å². The summed E-state index contributed by atoms with van der Waals surface area (Å²) in [5.74, 6) is 0.868. The Morgan fingerprint density at radius 2 is 1.78 bits per heavy atom. The van der Waals surface area contributed by atoms with E-state index in [2.05, 4.69) is 5.32 Å². The van der Waals surface area contributed by atoms with Crippen LogP contribution in [0.1, 0.15) is 44.9 Å². The number of nitrogens with two attached hydrogens (primary N) is 1. The van der Waals surface area contributed by atoms with Crippen LogP contribution >= 0.6 is 24.0 Å². The number of nitrogens with zero attached hydrogens (tertiary/aromatic N) is 1. The summed E-state index contributed by atoms with van der Waals surface area (Å²) in [4.78, 5) is 25.1. The lowest BCUT2D eigenvalue weighted by Gasteiger charge is -2.30. The predicted molar refractivity (Wildman–Crippen MR) is 98.1 cm³/mol. The molecule has 2 aliphatic rings. The van der Waals surface area contributed by atoms with Gasteiger partial charge in [-0.1, -0.05) is 43.2 Å². The molecule has 130 valence electrons. The predicted octanol–water partition coefficient (Wildman–Crippen LogP) is 1.90. The number of thiocarbonyl (C=S) groups is 1. The van der Waals surface area contributed by atoms with Crippen molar-refractivity contribution in [2.45, 2.75) is 44.9 Å². The molecule has 2 rings (SSSR count). The summed E-state index contributed by atoms with van der Waals surface area (Å²) in [6.07, 6.45) is 7.93. The van der Waals surface area contributed by atoms with Gasteiger partial charge in [-0.2, -0.15) is 0 Å². The Morgan fingerprint density at radius 1 is 1.13 bits per heavy atom. The number of likely N-dealkylation sites (tertiary alicyclic amines) is 1. The lowest BCUT2D eigenvalue weighted by molar-refractivity contribution is -0.132. The Hall–Kier alpha value is -0.820. The van der Waals surface area contributed by atoms with Gasteiger partial charge in [0.25, 0.3) is 0 Å². The molecule has 0 aromatic rings. The van der Waals surface area contributed by atoms with Crippen LogP contribution in [0, 0.1) is 11.8 Å². The molecule has 1 aliphatic heterocycles. The molecule has 1 saturated carbocycles. The number of thioether (sulfide) groups is 1. The molecule has 3 N–H and O–H groups in total. The molecule has 2 fully saturated rings. The zero-order valence-corrected chi connectivity index (χ0v) is 15.2.